The minimum atomic E-state index is -0.806. The third-order valence-electron chi connectivity index (χ3n) is 2.19. The second kappa shape index (κ2) is 4.59. The molecule has 1 heterocycles. The van der Waals surface area contributed by atoms with E-state index in [0.717, 1.165) is 0 Å². The van der Waals surface area contributed by atoms with Crippen LogP contribution >= 0.6 is 11.6 Å². The largest absolute Gasteiger partial charge is 0.386 e. The average Bonchev–Trinajstić information content (AvgIpc) is 2.77. The van der Waals surface area contributed by atoms with Crippen LogP contribution in [0.2, 0.25) is 5.02 Å². The molecule has 0 aliphatic heterocycles. The van der Waals surface area contributed by atoms with Crippen LogP contribution in [0.3, 0.4) is 0 Å². The Morgan fingerprint density at radius 1 is 1.50 bits per heavy atom. The molecule has 0 amide bonds. The molecule has 0 aliphatic carbocycles. The van der Waals surface area contributed by atoms with E-state index >= 15 is 0 Å². The van der Waals surface area contributed by atoms with Gasteiger partial charge in [-0.2, -0.15) is 15.4 Å². The summed E-state index contributed by atoms with van der Waals surface area (Å²) in [6.45, 7) is 0. The molecular formula is C10H9ClFN3O. The van der Waals surface area contributed by atoms with Gasteiger partial charge in [-0.1, -0.05) is 17.7 Å². The number of rotatable bonds is 3. The van der Waals surface area contributed by atoms with Crippen LogP contribution in [0.25, 0.3) is 0 Å². The number of aliphatic hydroxyl groups is 1. The molecule has 16 heavy (non-hydrogen) atoms. The van der Waals surface area contributed by atoms with Crippen LogP contribution in [-0.2, 0) is 6.42 Å². The van der Waals surface area contributed by atoms with E-state index in [1.54, 1.807) is 6.07 Å². The quantitative estimate of drug-likeness (QED) is 0.863. The molecule has 1 atom stereocenters. The first kappa shape index (κ1) is 11.0. The van der Waals surface area contributed by atoms with Gasteiger partial charge in [0.2, 0.25) is 0 Å². The summed E-state index contributed by atoms with van der Waals surface area (Å²) in [6.07, 6.45) is 0.886. The maximum atomic E-state index is 13.1. The van der Waals surface area contributed by atoms with Crippen LogP contribution in [0.4, 0.5) is 4.39 Å². The molecule has 0 saturated carbocycles. The molecule has 0 aliphatic rings. The van der Waals surface area contributed by atoms with E-state index in [1.807, 2.05) is 0 Å². The van der Waals surface area contributed by atoms with E-state index in [4.69, 9.17) is 11.6 Å². The van der Waals surface area contributed by atoms with Crippen LogP contribution < -0.4 is 0 Å². The monoisotopic (exact) mass is 241 g/mol. The summed E-state index contributed by atoms with van der Waals surface area (Å²) < 4.78 is 13.1. The number of aromatic amines is 1. The maximum absolute atomic E-state index is 13.1. The number of aromatic nitrogens is 3. The molecule has 1 aromatic heterocycles. The van der Waals surface area contributed by atoms with Crippen LogP contribution in [-0.4, -0.2) is 20.5 Å². The zero-order valence-corrected chi connectivity index (χ0v) is 8.95. The smallest absolute Gasteiger partial charge is 0.142 e. The molecule has 0 saturated heterocycles. The Morgan fingerprint density at radius 2 is 2.31 bits per heavy atom. The molecule has 6 heteroatoms. The van der Waals surface area contributed by atoms with Gasteiger partial charge in [0.15, 0.2) is 0 Å². The minimum absolute atomic E-state index is 0.0691. The Balaban J connectivity index is 2.12. The summed E-state index contributed by atoms with van der Waals surface area (Å²) >= 11 is 5.55. The van der Waals surface area contributed by atoms with E-state index < -0.39 is 11.9 Å². The lowest BCUT2D eigenvalue weighted by atomic mass is 10.1. The van der Waals surface area contributed by atoms with Crippen molar-refractivity contribution in [1.82, 2.24) is 15.4 Å². The summed E-state index contributed by atoms with van der Waals surface area (Å²) in [5, 5.41) is 19.5. The first-order chi connectivity index (χ1) is 7.66. The standard InChI is InChI=1S/C10H9ClFN3O/c11-7-2-1-6(3-8(7)12)4-10(16)9-5-13-15-14-9/h1-3,5,10,16H,4H2,(H,13,14,15). The summed E-state index contributed by atoms with van der Waals surface area (Å²) in [6, 6.07) is 4.42. The van der Waals surface area contributed by atoms with Gasteiger partial charge in [0.25, 0.3) is 0 Å². The van der Waals surface area contributed by atoms with Crippen molar-refractivity contribution in [1.29, 1.82) is 0 Å². The van der Waals surface area contributed by atoms with Gasteiger partial charge in [0.1, 0.15) is 17.6 Å². The van der Waals surface area contributed by atoms with Gasteiger partial charge in [-0.15, -0.1) is 0 Å². The number of nitrogens with one attached hydrogen (secondary N) is 1. The zero-order valence-electron chi connectivity index (χ0n) is 8.19. The molecule has 1 aromatic carbocycles. The molecule has 0 spiro atoms. The van der Waals surface area contributed by atoms with Gasteiger partial charge in [-0.05, 0) is 17.7 Å². The minimum Gasteiger partial charge on any atom is -0.386 e. The van der Waals surface area contributed by atoms with Gasteiger partial charge in [-0.3, -0.25) is 0 Å². The van der Waals surface area contributed by atoms with Crippen molar-refractivity contribution >= 4 is 11.6 Å². The van der Waals surface area contributed by atoms with Crippen LogP contribution in [0, 0.1) is 5.82 Å². The fourth-order valence-corrected chi connectivity index (χ4v) is 1.48. The van der Waals surface area contributed by atoms with Gasteiger partial charge in [0.05, 0.1) is 11.2 Å². The molecule has 0 radical (unpaired) electrons. The molecule has 2 rings (SSSR count). The van der Waals surface area contributed by atoms with E-state index in [2.05, 4.69) is 15.4 Å². The fraction of sp³-hybridized carbons (Fsp3) is 0.200. The highest BCUT2D eigenvalue weighted by Gasteiger charge is 2.12. The molecule has 2 N–H and O–H groups in total. The summed E-state index contributed by atoms with van der Waals surface area (Å²) in [7, 11) is 0. The first-order valence-corrected chi connectivity index (χ1v) is 5.02. The molecule has 4 nitrogen and oxygen atoms in total. The summed E-state index contributed by atoms with van der Waals surface area (Å²) in [5.74, 6) is -0.494. The topological polar surface area (TPSA) is 61.8 Å². The summed E-state index contributed by atoms with van der Waals surface area (Å²) in [5.41, 5.74) is 1.08. The summed E-state index contributed by atoms with van der Waals surface area (Å²) in [4.78, 5) is 0. The highest BCUT2D eigenvalue weighted by molar-refractivity contribution is 6.30. The number of benzene rings is 1. The van der Waals surface area contributed by atoms with Crippen molar-refractivity contribution in [2.24, 2.45) is 0 Å². The lowest BCUT2D eigenvalue weighted by Crippen LogP contribution is -2.02. The Morgan fingerprint density at radius 3 is 2.94 bits per heavy atom. The van der Waals surface area contributed by atoms with E-state index in [-0.39, 0.29) is 11.4 Å². The highest BCUT2D eigenvalue weighted by atomic mass is 35.5. The number of halogens is 2. The third-order valence-corrected chi connectivity index (χ3v) is 2.49. The third kappa shape index (κ3) is 2.37. The Kier molecular flexibility index (Phi) is 3.17. The first-order valence-electron chi connectivity index (χ1n) is 4.64. The van der Waals surface area contributed by atoms with Crippen molar-refractivity contribution in [3.8, 4) is 0 Å². The van der Waals surface area contributed by atoms with Crippen molar-refractivity contribution < 1.29 is 9.50 Å². The van der Waals surface area contributed by atoms with Crippen molar-refractivity contribution in [2.45, 2.75) is 12.5 Å². The molecule has 1 unspecified atom stereocenters. The lowest BCUT2D eigenvalue weighted by molar-refractivity contribution is 0.173. The van der Waals surface area contributed by atoms with E-state index in [9.17, 15) is 9.50 Å². The lowest BCUT2D eigenvalue weighted by Gasteiger charge is -2.07. The molecule has 84 valence electrons. The SMILES string of the molecule is OC(Cc1ccc(Cl)c(F)c1)c1cn[nH]n1. The Labute approximate surface area is 96.1 Å². The number of H-pyrrole nitrogens is 1. The van der Waals surface area contributed by atoms with Crippen LogP contribution in [0.15, 0.2) is 24.4 Å². The van der Waals surface area contributed by atoms with E-state index in [0.29, 0.717) is 11.3 Å². The number of aliphatic hydroxyl groups excluding tert-OH is 1. The van der Waals surface area contributed by atoms with Gasteiger partial charge in [0, 0.05) is 6.42 Å². The van der Waals surface area contributed by atoms with Gasteiger partial charge >= 0.3 is 0 Å². The Bertz CT molecular complexity index is 475. The second-order valence-corrected chi connectivity index (χ2v) is 3.77. The number of hydrogen-bond acceptors (Lipinski definition) is 3. The number of nitrogens with zero attached hydrogens (tertiary/aromatic N) is 2. The zero-order chi connectivity index (χ0) is 11.5. The Hall–Kier alpha value is -1.46. The molecular weight excluding hydrogens is 233 g/mol. The van der Waals surface area contributed by atoms with E-state index in [1.165, 1.54) is 18.3 Å². The molecule has 0 bridgehead atoms. The van der Waals surface area contributed by atoms with Crippen LogP contribution in [0.5, 0.6) is 0 Å². The van der Waals surface area contributed by atoms with Crippen molar-refractivity contribution in [3.63, 3.8) is 0 Å². The average molecular weight is 242 g/mol. The van der Waals surface area contributed by atoms with Crippen molar-refractivity contribution in [2.75, 3.05) is 0 Å². The second-order valence-electron chi connectivity index (χ2n) is 3.36. The van der Waals surface area contributed by atoms with Crippen molar-refractivity contribution in [3.05, 3.63) is 46.5 Å². The highest BCUT2D eigenvalue weighted by Crippen LogP contribution is 2.20. The maximum Gasteiger partial charge on any atom is 0.142 e. The predicted molar refractivity (Wildman–Crippen MR) is 56.5 cm³/mol. The normalized spacial score (nSPS) is 12.7. The number of hydrogen-bond donors (Lipinski definition) is 2. The molecule has 2 aromatic rings. The fourth-order valence-electron chi connectivity index (χ4n) is 1.37. The van der Waals surface area contributed by atoms with Crippen LogP contribution in [0.1, 0.15) is 17.4 Å². The molecule has 0 fully saturated rings. The predicted octanol–water partition coefficient (Wildman–Crippen LogP) is 1.87. The van der Waals surface area contributed by atoms with Gasteiger partial charge in [-0.25, -0.2) is 4.39 Å². The van der Waals surface area contributed by atoms with Gasteiger partial charge < -0.3 is 5.11 Å².